The van der Waals surface area contributed by atoms with Crippen molar-refractivity contribution in [1.29, 1.82) is 0 Å². The molecule has 0 aromatic heterocycles. The van der Waals surface area contributed by atoms with Gasteiger partial charge in [0.15, 0.2) is 0 Å². The van der Waals surface area contributed by atoms with Crippen molar-refractivity contribution in [2.45, 2.75) is 26.2 Å². The molecule has 0 spiro atoms. The first-order valence-corrected chi connectivity index (χ1v) is 5.20. The van der Waals surface area contributed by atoms with Crippen LogP contribution < -0.4 is 0 Å². The Morgan fingerprint density at radius 3 is 2.53 bits per heavy atom. The number of aliphatic carboxylic acids is 1. The molecular weight excluding hydrogens is 188 g/mol. The van der Waals surface area contributed by atoms with Crippen molar-refractivity contribution in [3.63, 3.8) is 0 Å². The molecule has 0 saturated heterocycles. The molecular formula is C13H16O2. The van der Waals surface area contributed by atoms with E-state index < -0.39 is 5.97 Å². The molecule has 0 aliphatic carbocycles. The molecule has 0 heterocycles. The maximum absolute atomic E-state index is 10.7. The van der Waals surface area contributed by atoms with Crippen LogP contribution in [0.3, 0.4) is 0 Å². The molecule has 0 radical (unpaired) electrons. The predicted molar refractivity (Wildman–Crippen MR) is 60.8 cm³/mol. The lowest BCUT2D eigenvalue weighted by Gasteiger charge is -1.99. The summed E-state index contributed by atoms with van der Waals surface area (Å²) in [6.07, 6.45) is 4.09. The second-order valence-corrected chi connectivity index (χ2v) is 3.41. The molecule has 0 bridgehead atoms. The van der Waals surface area contributed by atoms with Gasteiger partial charge in [-0.2, -0.15) is 0 Å². The summed E-state index contributed by atoms with van der Waals surface area (Å²) in [6.45, 7) is 1.86. The first-order chi connectivity index (χ1) is 7.24. The fourth-order valence-corrected chi connectivity index (χ4v) is 1.44. The number of hydrogen-bond donors (Lipinski definition) is 1. The van der Waals surface area contributed by atoms with Gasteiger partial charge in [-0.25, -0.2) is 4.79 Å². The minimum absolute atomic E-state index is 0.505. The van der Waals surface area contributed by atoms with E-state index in [0.717, 1.165) is 12.8 Å². The number of carboxylic acids is 1. The number of aryl methyl sites for hydroxylation is 1. The van der Waals surface area contributed by atoms with E-state index in [4.69, 9.17) is 5.11 Å². The van der Waals surface area contributed by atoms with Crippen LogP contribution in [0.1, 0.15) is 25.3 Å². The molecule has 0 saturated carbocycles. The molecule has 1 rings (SSSR count). The summed E-state index contributed by atoms with van der Waals surface area (Å²) < 4.78 is 0. The number of benzene rings is 1. The Bertz CT molecular complexity index is 339. The van der Waals surface area contributed by atoms with Crippen molar-refractivity contribution < 1.29 is 9.90 Å². The Hall–Kier alpha value is -1.57. The maximum atomic E-state index is 10.7. The molecule has 0 amide bonds. The smallest absolute Gasteiger partial charge is 0.331 e. The Kier molecular flexibility index (Phi) is 4.61. The molecule has 15 heavy (non-hydrogen) atoms. The summed E-state index contributed by atoms with van der Waals surface area (Å²) in [4.78, 5) is 10.7. The van der Waals surface area contributed by atoms with E-state index in [0.29, 0.717) is 12.0 Å². The van der Waals surface area contributed by atoms with Crippen LogP contribution in [0.4, 0.5) is 0 Å². The lowest BCUT2D eigenvalue weighted by molar-refractivity contribution is -0.132. The summed E-state index contributed by atoms with van der Waals surface area (Å²) in [7, 11) is 0. The Morgan fingerprint density at radius 2 is 2.00 bits per heavy atom. The largest absolute Gasteiger partial charge is 0.478 e. The van der Waals surface area contributed by atoms with E-state index in [1.165, 1.54) is 5.56 Å². The van der Waals surface area contributed by atoms with Crippen LogP contribution in [0.25, 0.3) is 0 Å². The summed E-state index contributed by atoms with van der Waals surface area (Å²) in [5.74, 6) is -0.800. The monoisotopic (exact) mass is 204 g/mol. The molecule has 1 aromatic rings. The molecule has 0 aliphatic heterocycles. The fourth-order valence-electron chi connectivity index (χ4n) is 1.44. The van der Waals surface area contributed by atoms with Crippen LogP contribution in [0.15, 0.2) is 42.0 Å². The quantitative estimate of drug-likeness (QED) is 0.748. The molecule has 0 atom stereocenters. The van der Waals surface area contributed by atoms with Gasteiger partial charge in [-0.05, 0) is 24.8 Å². The molecule has 2 heteroatoms. The SMILES string of the molecule is CC/C(=C\CCc1ccccc1)C(=O)O. The zero-order chi connectivity index (χ0) is 11.1. The summed E-state index contributed by atoms with van der Waals surface area (Å²) >= 11 is 0. The van der Waals surface area contributed by atoms with Crippen molar-refractivity contribution in [1.82, 2.24) is 0 Å². The molecule has 80 valence electrons. The Labute approximate surface area is 90.3 Å². The lowest BCUT2D eigenvalue weighted by atomic mass is 10.1. The van der Waals surface area contributed by atoms with Crippen molar-refractivity contribution in [2.75, 3.05) is 0 Å². The highest BCUT2D eigenvalue weighted by molar-refractivity contribution is 5.86. The van der Waals surface area contributed by atoms with Crippen LogP contribution in [0.2, 0.25) is 0 Å². The minimum Gasteiger partial charge on any atom is -0.478 e. The Morgan fingerprint density at radius 1 is 1.33 bits per heavy atom. The zero-order valence-electron chi connectivity index (χ0n) is 8.94. The average molecular weight is 204 g/mol. The molecule has 1 aromatic carbocycles. The lowest BCUT2D eigenvalue weighted by Crippen LogP contribution is -1.99. The van der Waals surface area contributed by atoms with Gasteiger partial charge in [-0.1, -0.05) is 43.3 Å². The number of carbonyl (C=O) groups is 1. The highest BCUT2D eigenvalue weighted by atomic mass is 16.4. The van der Waals surface area contributed by atoms with Gasteiger partial charge < -0.3 is 5.11 Å². The second kappa shape index (κ2) is 6.02. The maximum Gasteiger partial charge on any atom is 0.331 e. The summed E-state index contributed by atoms with van der Waals surface area (Å²) in [5, 5.41) is 8.80. The summed E-state index contributed by atoms with van der Waals surface area (Å²) in [5.41, 5.74) is 1.75. The van der Waals surface area contributed by atoms with E-state index >= 15 is 0 Å². The summed E-state index contributed by atoms with van der Waals surface area (Å²) in [6, 6.07) is 10.1. The molecule has 0 unspecified atom stereocenters. The van der Waals surface area contributed by atoms with Gasteiger partial charge in [0.05, 0.1) is 0 Å². The molecule has 2 nitrogen and oxygen atoms in total. The number of rotatable bonds is 5. The first kappa shape index (κ1) is 11.5. The highest BCUT2D eigenvalue weighted by Crippen LogP contribution is 2.07. The van der Waals surface area contributed by atoms with Crippen molar-refractivity contribution in [2.24, 2.45) is 0 Å². The zero-order valence-corrected chi connectivity index (χ0v) is 8.94. The third-order valence-electron chi connectivity index (χ3n) is 2.32. The third-order valence-corrected chi connectivity index (χ3v) is 2.32. The molecule has 0 fully saturated rings. The van der Waals surface area contributed by atoms with Gasteiger partial charge in [0.1, 0.15) is 0 Å². The van der Waals surface area contributed by atoms with E-state index in [1.807, 2.05) is 31.2 Å². The van der Waals surface area contributed by atoms with Crippen molar-refractivity contribution in [3.05, 3.63) is 47.5 Å². The van der Waals surface area contributed by atoms with Gasteiger partial charge in [-0.15, -0.1) is 0 Å². The fraction of sp³-hybridized carbons (Fsp3) is 0.308. The Balaban J connectivity index is 2.48. The van der Waals surface area contributed by atoms with Crippen LogP contribution in [-0.4, -0.2) is 11.1 Å². The normalized spacial score (nSPS) is 11.4. The van der Waals surface area contributed by atoms with Crippen LogP contribution in [0.5, 0.6) is 0 Å². The van der Waals surface area contributed by atoms with Crippen molar-refractivity contribution in [3.8, 4) is 0 Å². The number of hydrogen-bond acceptors (Lipinski definition) is 1. The van der Waals surface area contributed by atoms with Crippen LogP contribution >= 0.6 is 0 Å². The van der Waals surface area contributed by atoms with Gasteiger partial charge in [0, 0.05) is 5.57 Å². The average Bonchev–Trinajstić information content (AvgIpc) is 2.25. The highest BCUT2D eigenvalue weighted by Gasteiger charge is 2.02. The van der Waals surface area contributed by atoms with Gasteiger partial charge in [-0.3, -0.25) is 0 Å². The third kappa shape index (κ3) is 3.98. The van der Waals surface area contributed by atoms with Crippen molar-refractivity contribution >= 4 is 5.97 Å². The van der Waals surface area contributed by atoms with E-state index in [2.05, 4.69) is 12.1 Å². The van der Waals surface area contributed by atoms with Crippen LogP contribution in [0, 0.1) is 0 Å². The van der Waals surface area contributed by atoms with E-state index in [-0.39, 0.29) is 0 Å². The van der Waals surface area contributed by atoms with Gasteiger partial charge in [0.25, 0.3) is 0 Å². The topological polar surface area (TPSA) is 37.3 Å². The first-order valence-electron chi connectivity index (χ1n) is 5.20. The molecule has 1 N–H and O–H groups in total. The minimum atomic E-state index is -0.800. The van der Waals surface area contributed by atoms with E-state index in [1.54, 1.807) is 0 Å². The number of carboxylic acid groups (broad SMARTS) is 1. The van der Waals surface area contributed by atoms with E-state index in [9.17, 15) is 4.79 Å². The standard InChI is InChI=1S/C13H16O2/c1-2-12(13(14)15)10-6-9-11-7-4-3-5-8-11/h3-5,7-8,10H,2,6,9H2,1H3,(H,14,15)/b12-10+. The second-order valence-electron chi connectivity index (χ2n) is 3.41. The van der Waals surface area contributed by atoms with Gasteiger partial charge in [0.2, 0.25) is 0 Å². The van der Waals surface area contributed by atoms with Gasteiger partial charge >= 0.3 is 5.97 Å². The van der Waals surface area contributed by atoms with Crippen LogP contribution in [-0.2, 0) is 11.2 Å². The predicted octanol–water partition coefficient (Wildman–Crippen LogP) is 3.04. The number of allylic oxidation sites excluding steroid dienone is 1. The molecule has 0 aliphatic rings.